The van der Waals surface area contributed by atoms with Crippen molar-refractivity contribution in [2.24, 2.45) is 5.92 Å². The number of rotatable bonds is 2. The summed E-state index contributed by atoms with van der Waals surface area (Å²) in [6, 6.07) is 6.60. The molecule has 0 aliphatic heterocycles. The summed E-state index contributed by atoms with van der Waals surface area (Å²) in [6.45, 7) is 4.43. The van der Waals surface area contributed by atoms with Gasteiger partial charge in [0.25, 0.3) is 0 Å². The van der Waals surface area contributed by atoms with Crippen LogP contribution in [0.1, 0.15) is 44.5 Å². The summed E-state index contributed by atoms with van der Waals surface area (Å²) in [5.74, 6) is 1.91. The minimum atomic E-state index is 0.543. The number of aromatic nitrogens is 2. The van der Waals surface area contributed by atoms with Gasteiger partial charge in [-0.25, -0.2) is 4.98 Å². The molecule has 1 unspecified atom stereocenters. The zero-order valence-corrected chi connectivity index (χ0v) is 11.2. The highest BCUT2D eigenvalue weighted by Gasteiger charge is 2.25. The molecule has 1 aliphatic rings. The number of hydrogen-bond donors (Lipinski definition) is 1. The van der Waals surface area contributed by atoms with Crippen LogP contribution in [0.3, 0.4) is 0 Å². The van der Waals surface area contributed by atoms with Crippen LogP contribution in [0.5, 0.6) is 0 Å². The summed E-state index contributed by atoms with van der Waals surface area (Å²) in [5, 5.41) is 0. The van der Waals surface area contributed by atoms with Crippen LogP contribution in [0, 0.1) is 12.8 Å². The second kappa shape index (κ2) is 4.30. The topological polar surface area (TPSA) is 43.8 Å². The van der Waals surface area contributed by atoms with Crippen LogP contribution in [-0.4, -0.2) is 9.55 Å². The van der Waals surface area contributed by atoms with Crippen LogP contribution in [0.25, 0.3) is 11.0 Å². The Morgan fingerprint density at radius 1 is 1.33 bits per heavy atom. The van der Waals surface area contributed by atoms with E-state index in [0.717, 1.165) is 22.9 Å². The van der Waals surface area contributed by atoms with Crippen LogP contribution in [0.15, 0.2) is 18.2 Å². The molecule has 1 atom stereocenters. The van der Waals surface area contributed by atoms with Crippen LogP contribution >= 0.6 is 0 Å². The highest BCUT2D eigenvalue weighted by molar-refractivity contribution is 5.79. The number of fused-ring (bicyclic) bond motifs is 1. The van der Waals surface area contributed by atoms with Gasteiger partial charge in [0.1, 0.15) is 5.82 Å². The first-order valence-corrected chi connectivity index (χ1v) is 6.91. The van der Waals surface area contributed by atoms with Crippen molar-refractivity contribution in [3.63, 3.8) is 0 Å². The van der Waals surface area contributed by atoms with Gasteiger partial charge in [-0.1, -0.05) is 12.8 Å². The van der Waals surface area contributed by atoms with Gasteiger partial charge in [-0.05, 0) is 50.8 Å². The summed E-state index contributed by atoms with van der Waals surface area (Å²) >= 11 is 0. The van der Waals surface area contributed by atoms with Gasteiger partial charge in [0.15, 0.2) is 0 Å². The van der Waals surface area contributed by atoms with Crippen molar-refractivity contribution in [1.29, 1.82) is 0 Å². The van der Waals surface area contributed by atoms with Gasteiger partial charge in [-0.15, -0.1) is 0 Å². The van der Waals surface area contributed by atoms with Crippen molar-refractivity contribution < 1.29 is 0 Å². The minimum absolute atomic E-state index is 0.543. The van der Waals surface area contributed by atoms with Gasteiger partial charge < -0.3 is 10.3 Å². The standard InChI is InChI=1S/C15H21N3/c1-10(12-5-3-4-6-12)18-11(2)17-14-9-13(16)7-8-15(14)18/h7-10,12H,3-6,16H2,1-2H3. The van der Waals surface area contributed by atoms with Gasteiger partial charge in [-0.2, -0.15) is 0 Å². The Hall–Kier alpha value is -1.51. The lowest BCUT2D eigenvalue weighted by Crippen LogP contribution is -2.15. The second-order valence-corrected chi connectivity index (χ2v) is 5.56. The number of benzene rings is 1. The fourth-order valence-corrected chi connectivity index (χ4v) is 3.40. The molecule has 0 radical (unpaired) electrons. The summed E-state index contributed by atoms with van der Waals surface area (Å²) in [7, 11) is 0. The molecule has 3 heteroatoms. The van der Waals surface area contributed by atoms with E-state index in [1.54, 1.807) is 0 Å². The fourth-order valence-electron chi connectivity index (χ4n) is 3.40. The second-order valence-electron chi connectivity index (χ2n) is 5.56. The Labute approximate surface area is 108 Å². The van der Waals surface area contributed by atoms with Gasteiger partial charge in [0.2, 0.25) is 0 Å². The quantitative estimate of drug-likeness (QED) is 0.818. The molecule has 1 fully saturated rings. The largest absolute Gasteiger partial charge is 0.399 e. The first kappa shape index (κ1) is 11.6. The molecular weight excluding hydrogens is 222 g/mol. The van der Waals surface area contributed by atoms with E-state index < -0.39 is 0 Å². The van der Waals surface area contributed by atoms with Crippen molar-refractivity contribution in [3.05, 3.63) is 24.0 Å². The average Bonchev–Trinajstić information content (AvgIpc) is 2.94. The van der Waals surface area contributed by atoms with Crippen LogP contribution in [0.2, 0.25) is 0 Å². The van der Waals surface area contributed by atoms with Gasteiger partial charge in [-0.3, -0.25) is 0 Å². The highest BCUT2D eigenvalue weighted by Crippen LogP contribution is 2.36. The molecule has 3 rings (SSSR count). The van der Waals surface area contributed by atoms with E-state index in [9.17, 15) is 0 Å². The van der Waals surface area contributed by atoms with Crippen LogP contribution < -0.4 is 5.73 Å². The number of nitrogens with two attached hydrogens (primary N) is 1. The van der Waals surface area contributed by atoms with Crippen molar-refractivity contribution in [2.75, 3.05) is 5.73 Å². The van der Waals surface area contributed by atoms with Gasteiger partial charge in [0, 0.05) is 11.7 Å². The summed E-state index contributed by atoms with van der Waals surface area (Å²) in [6.07, 6.45) is 5.48. The lowest BCUT2D eigenvalue weighted by atomic mass is 9.99. The van der Waals surface area contributed by atoms with Crippen LogP contribution in [-0.2, 0) is 0 Å². The van der Waals surface area contributed by atoms with E-state index in [4.69, 9.17) is 5.73 Å². The van der Waals surface area contributed by atoms with Crippen LogP contribution in [0.4, 0.5) is 5.69 Å². The maximum absolute atomic E-state index is 5.83. The monoisotopic (exact) mass is 243 g/mol. The molecule has 2 aromatic rings. The van der Waals surface area contributed by atoms with E-state index in [1.165, 1.54) is 31.2 Å². The fraction of sp³-hybridized carbons (Fsp3) is 0.533. The number of nitrogens with zero attached hydrogens (tertiary/aromatic N) is 2. The molecule has 3 nitrogen and oxygen atoms in total. The minimum Gasteiger partial charge on any atom is -0.399 e. The molecule has 1 aromatic carbocycles. The maximum Gasteiger partial charge on any atom is 0.106 e. The molecule has 0 amide bonds. The number of anilines is 1. The average molecular weight is 243 g/mol. The number of aryl methyl sites for hydroxylation is 1. The van der Waals surface area contributed by atoms with Crippen molar-refractivity contribution in [1.82, 2.24) is 9.55 Å². The lowest BCUT2D eigenvalue weighted by Gasteiger charge is -2.22. The normalized spacial score (nSPS) is 18.6. The molecule has 1 saturated carbocycles. The SMILES string of the molecule is Cc1nc2cc(N)ccc2n1C(C)C1CCCC1. The Balaban J connectivity index is 2.07. The third-order valence-corrected chi connectivity index (χ3v) is 4.38. The van der Waals surface area contributed by atoms with Gasteiger partial charge in [0.05, 0.1) is 11.0 Å². The van der Waals surface area contributed by atoms with Gasteiger partial charge >= 0.3 is 0 Å². The Morgan fingerprint density at radius 3 is 2.78 bits per heavy atom. The lowest BCUT2D eigenvalue weighted by molar-refractivity contribution is 0.362. The molecular formula is C15H21N3. The van der Waals surface area contributed by atoms with E-state index in [1.807, 2.05) is 12.1 Å². The summed E-state index contributed by atoms with van der Waals surface area (Å²) in [5.41, 5.74) is 8.87. The number of hydrogen-bond acceptors (Lipinski definition) is 2. The Morgan fingerprint density at radius 2 is 2.06 bits per heavy atom. The van der Waals surface area contributed by atoms with E-state index in [2.05, 4.69) is 29.5 Å². The highest BCUT2D eigenvalue weighted by atomic mass is 15.1. The van der Waals surface area contributed by atoms with Crippen molar-refractivity contribution >= 4 is 16.7 Å². The molecule has 2 N–H and O–H groups in total. The summed E-state index contributed by atoms with van der Waals surface area (Å²) in [4.78, 5) is 4.65. The van der Waals surface area contributed by atoms with E-state index in [-0.39, 0.29) is 0 Å². The Bertz CT molecular complexity index is 564. The van der Waals surface area contributed by atoms with Crippen molar-refractivity contribution in [3.8, 4) is 0 Å². The zero-order chi connectivity index (χ0) is 12.7. The van der Waals surface area contributed by atoms with E-state index in [0.29, 0.717) is 6.04 Å². The molecule has 0 saturated heterocycles. The predicted molar refractivity (Wildman–Crippen MR) is 75.6 cm³/mol. The molecule has 18 heavy (non-hydrogen) atoms. The molecule has 0 spiro atoms. The molecule has 1 aromatic heterocycles. The van der Waals surface area contributed by atoms with Crippen molar-refractivity contribution in [2.45, 2.75) is 45.6 Å². The predicted octanol–water partition coefficient (Wildman–Crippen LogP) is 3.68. The smallest absolute Gasteiger partial charge is 0.106 e. The zero-order valence-electron chi connectivity index (χ0n) is 11.2. The third-order valence-electron chi connectivity index (χ3n) is 4.38. The molecule has 1 heterocycles. The summed E-state index contributed by atoms with van der Waals surface area (Å²) < 4.78 is 2.39. The number of imidazole rings is 1. The number of nitrogen functional groups attached to an aromatic ring is 1. The van der Waals surface area contributed by atoms with E-state index >= 15 is 0 Å². The Kier molecular flexibility index (Phi) is 2.77. The molecule has 96 valence electrons. The third kappa shape index (κ3) is 1.78. The molecule has 1 aliphatic carbocycles. The maximum atomic E-state index is 5.83. The molecule has 0 bridgehead atoms. The first-order chi connectivity index (χ1) is 8.66. The first-order valence-electron chi connectivity index (χ1n) is 6.91.